The van der Waals surface area contributed by atoms with Crippen LogP contribution < -0.4 is 14.4 Å². The Bertz CT molecular complexity index is 1540. The van der Waals surface area contributed by atoms with Crippen LogP contribution in [0.25, 0.3) is 0 Å². The highest BCUT2D eigenvalue weighted by molar-refractivity contribution is 7.89. The summed E-state index contributed by atoms with van der Waals surface area (Å²) >= 11 is 0. The summed E-state index contributed by atoms with van der Waals surface area (Å²) < 4.78 is 53.6. The minimum absolute atomic E-state index is 0.0192. The van der Waals surface area contributed by atoms with E-state index in [9.17, 15) is 8.42 Å². The van der Waals surface area contributed by atoms with Gasteiger partial charge in [-0.2, -0.15) is 4.31 Å². The minimum Gasteiger partial charge on any atom is -0.497 e. The van der Waals surface area contributed by atoms with Crippen molar-refractivity contribution in [2.45, 2.75) is 69.6 Å². The highest BCUT2D eigenvalue weighted by atomic mass is 32.2. The summed E-state index contributed by atoms with van der Waals surface area (Å²) in [5, 5.41) is 0. The Morgan fingerprint density at radius 2 is 1.76 bits per heavy atom. The molecule has 2 aliphatic rings. The summed E-state index contributed by atoms with van der Waals surface area (Å²) in [6.45, 7) is 14.1. The number of rotatable bonds is 13. The monoisotopic (exact) mass is 649 g/mol. The Morgan fingerprint density at radius 1 is 1.02 bits per heavy atom. The van der Waals surface area contributed by atoms with Crippen LogP contribution in [-0.2, 0) is 26.1 Å². The summed E-state index contributed by atoms with van der Waals surface area (Å²) in [7, 11) is -0.409. The first-order valence-corrected chi connectivity index (χ1v) is 17.6. The van der Waals surface area contributed by atoms with Crippen LogP contribution in [0.5, 0.6) is 11.5 Å². The lowest BCUT2D eigenvalue weighted by Gasteiger charge is -2.45. The Balaban J connectivity index is 1.45. The lowest BCUT2D eigenvalue weighted by Crippen LogP contribution is -2.53. The van der Waals surface area contributed by atoms with Gasteiger partial charge in [-0.25, -0.2) is 8.42 Å². The second-order valence-corrected chi connectivity index (χ2v) is 15.2. The molecule has 0 spiro atoms. The van der Waals surface area contributed by atoms with Crippen molar-refractivity contribution in [1.82, 2.24) is 4.31 Å². The number of ether oxygens (including phenoxy) is 4. The number of methoxy groups -OCH3 is 2. The first-order valence-electron chi connectivity index (χ1n) is 16.2. The van der Waals surface area contributed by atoms with Gasteiger partial charge < -0.3 is 23.8 Å². The molecule has 0 amide bonds. The fraction of sp³-hybridized carbons (Fsp3) is 0.486. The first-order chi connectivity index (χ1) is 22.0. The van der Waals surface area contributed by atoms with Gasteiger partial charge in [0, 0.05) is 38.8 Å². The molecule has 0 unspecified atom stereocenters. The number of benzene rings is 3. The Kier molecular flexibility index (Phi) is 11.0. The average Bonchev–Trinajstić information content (AvgIpc) is 3.03. The number of hydrogen-bond donors (Lipinski definition) is 0. The largest absolute Gasteiger partial charge is 0.497 e. The second kappa shape index (κ2) is 14.8. The third-order valence-corrected chi connectivity index (χ3v) is 10.9. The third-order valence-electron chi connectivity index (χ3n) is 8.93. The molecule has 1 radical (unpaired) electrons. The summed E-state index contributed by atoms with van der Waals surface area (Å²) in [5.74, 6) is 1.63. The molecule has 0 N–H and O–H groups in total. The lowest BCUT2D eigenvalue weighted by atomic mass is 9.78. The van der Waals surface area contributed by atoms with E-state index in [1.165, 1.54) is 0 Å². The van der Waals surface area contributed by atoms with E-state index in [4.69, 9.17) is 18.9 Å². The van der Waals surface area contributed by atoms with Gasteiger partial charge in [-0.05, 0) is 86.1 Å². The van der Waals surface area contributed by atoms with Crippen molar-refractivity contribution in [2.24, 2.45) is 5.41 Å². The Hall–Kier alpha value is -3.11. The first kappa shape index (κ1) is 34.2. The molecular formula is C37H49N2O6S. The molecule has 0 aliphatic carbocycles. The number of hydrogen-bond acceptors (Lipinski definition) is 7. The highest BCUT2D eigenvalue weighted by Crippen LogP contribution is 2.41. The van der Waals surface area contributed by atoms with Crippen molar-refractivity contribution in [3.63, 3.8) is 0 Å². The SMILES string of the molecule is [CH2]C(C)(C)C[C@H]1C[C@H](c2ccc(OC)cc2)[C@@H](OCc2ccc3c(c2)N(CCCOC)CCO3)CN1S(=O)(=O)c1ccc(C)cc1. The van der Waals surface area contributed by atoms with Crippen LogP contribution in [-0.4, -0.2) is 71.9 Å². The van der Waals surface area contributed by atoms with Gasteiger partial charge in [-0.1, -0.05) is 49.7 Å². The van der Waals surface area contributed by atoms with Crippen LogP contribution in [0.2, 0.25) is 0 Å². The third kappa shape index (κ3) is 8.23. The molecule has 1 fully saturated rings. The Labute approximate surface area is 275 Å². The van der Waals surface area contributed by atoms with E-state index >= 15 is 0 Å². The van der Waals surface area contributed by atoms with E-state index < -0.39 is 10.0 Å². The van der Waals surface area contributed by atoms with E-state index in [0.717, 1.165) is 53.4 Å². The molecule has 46 heavy (non-hydrogen) atoms. The van der Waals surface area contributed by atoms with Gasteiger partial charge in [-0.15, -0.1) is 0 Å². The zero-order valence-electron chi connectivity index (χ0n) is 27.9. The molecule has 3 atom stereocenters. The molecule has 249 valence electrons. The molecule has 3 aromatic rings. The van der Waals surface area contributed by atoms with E-state index in [-0.39, 0.29) is 30.0 Å². The predicted octanol–water partition coefficient (Wildman–Crippen LogP) is 6.62. The number of sulfonamides is 1. The lowest BCUT2D eigenvalue weighted by molar-refractivity contribution is -0.0238. The number of aryl methyl sites for hydroxylation is 1. The Morgan fingerprint density at radius 3 is 2.43 bits per heavy atom. The maximum absolute atomic E-state index is 14.3. The number of anilines is 1. The van der Waals surface area contributed by atoms with Crippen molar-refractivity contribution < 1.29 is 27.4 Å². The fourth-order valence-corrected chi connectivity index (χ4v) is 8.24. The van der Waals surface area contributed by atoms with Crippen LogP contribution in [0, 0.1) is 19.3 Å². The van der Waals surface area contributed by atoms with Crippen LogP contribution >= 0.6 is 0 Å². The number of fused-ring (bicyclic) bond motifs is 1. The van der Waals surface area contributed by atoms with E-state index in [0.29, 0.717) is 37.6 Å². The number of piperidine rings is 1. The predicted molar refractivity (Wildman–Crippen MR) is 182 cm³/mol. The van der Waals surface area contributed by atoms with Crippen molar-refractivity contribution >= 4 is 15.7 Å². The maximum atomic E-state index is 14.3. The van der Waals surface area contributed by atoms with Gasteiger partial charge in [0.05, 0.1) is 36.9 Å². The zero-order valence-corrected chi connectivity index (χ0v) is 28.7. The highest BCUT2D eigenvalue weighted by Gasteiger charge is 2.44. The normalized spacial score (nSPS) is 20.7. The van der Waals surface area contributed by atoms with Crippen molar-refractivity contribution in [3.8, 4) is 11.5 Å². The van der Waals surface area contributed by atoms with Crippen molar-refractivity contribution in [2.75, 3.05) is 52.0 Å². The van der Waals surface area contributed by atoms with E-state index in [1.807, 2.05) is 43.3 Å². The topological polar surface area (TPSA) is 77.5 Å². The van der Waals surface area contributed by atoms with E-state index in [2.05, 4.69) is 43.9 Å². The van der Waals surface area contributed by atoms with Crippen molar-refractivity contribution in [1.29, 1.82) is 0 Å². The summed E-state index contributed by atoms with van der Waals surface area (Å²) in [5.41, 5.74) is 3.88. The van der Waals surface area contributed by atoms with Crippen LogP contribution in [0.4, 0.5) is 5.69 Å². The van der Waals surface area contributed by atoms with Gasteiger partial charge >= 0.3 is 0 Å². The summed E-state index contributed by atoms with van der Waals surface area (Å²) in [6, 6.07) is 21.1. The van der Waals surface area contributed by atoms with Crippen LogP contribution in [0.15, 0.2) is 71.6 Å². The second-order valence-electron chi connectivity index (χ2n) is 13.4. The van der Waals surface area contributed by atoms with Gasteiger partial charge in [0.2, 0.25) is 10.0 Å². The summed E-state index contributed by atoms with van der Waals surface area (Å²) in [4.78, 5) is 2.64. The molecule has 5 rings (SSSR count). The van der Waals surface area contributed by atoms with Gasteiger partial charge in [0.1, 0.15) is 18.1 Å². The smallest absolute Gasteiger partial charge is 0.243 e. The fourth-order valence-electron chi connectivity index (χ4n) is 6.59. The maximum Gasteiger partial charge on any atom is 0.243 e. The number of nitrogens with zero attached hydrogens (tertiary/aromatic N) is 2. The van der Waals surface area contributed by atoms with Crippen molar-refractivity contribution in [3.05, 3.63) is 90.3 Å². The molecular weight excluding hydrogens is 600 g/mol. The molecule has 3 aromatic carbocycles. The van der Waals surface area contributed by atoms with Crippen LogP contribution in [0.1, 0.15) is 55.7 Å². The molecule has 2 heterocycles. The molecule has 0 aromatic heterocycles. The van der Waals surface area contributed by atoms with Crippen LogP contribution in [0.3, 0.4) is 0 Å². The quantitative estimate of drug-likeness (QED) is 0.193. The van der Waals surface area contributed by atoms with Gasteiger partial charge in [0.15, 0.2) is 0 Å². The van der Waals surface area contributed by atoms with Gasteiger partial charge in [0.25, 0.3) is 0 Å². The zero-order chi connectivity index (χ0) is 32.9. The van der Waals surface area contributed by atoms with Gasteiger partial charge in [-0.3, -0.25) is 0 Å². The minimum atomic E-state index is -3.79. The van der Waals surface area contributed by atoms with E-state index in [1.54, 1.807) is 30.7 Å². The summed E-state index contributed by atoms with van der Waals surface area (Å²) in [6.07, 6.45) is 1.80. The molecule has 8 nitrogen and oxygen atoms in total. The molecule has 0 bridgehead atoms. The standard InChI is InChI=1S/C37H49N2O6S/c1-27-8-15-32(16-9-27)46(40,41)39-25-36(33(23-30(39)24-37(2,3)4)29-11-13-31(43-6)14-12-29)45-26-28-10-17-35-34(22-28)38(19-21-44-35)18-7-20-42-5/h8-17,22,30,33,36H,2,7,18-21,23-26H2,1,3-6H3/t30-,33-,36+/m1/s1. The molecule has 9 heteroatoms. The average molecular weight is 650 g/mol. The molecule has 1 saturated heterocycles. The molecule has 2 aliphatic heterocycles. The molecule has 0 saturated carbocycles.